The van der Waals surface area contributed by atoms with Crippen LogP contribution < -0.4 is 10.2 Å². The van der Waals surface area contributed by atoms with Crippen LogP contribution in [0.5, 0.6) is 5.75 Å². The first-order valence-electron chi connectivity index (χ1n) is 17.1. The molecule has 3 fully saturated rings. The van der Waals surface area contributed by atoms with Crippen LogP contribution in [-0.4, -0.2) is 96.4 Å². The number of phenols is 1. The molecule has 2 aliphatic heterocycles. The van der Waals surface area contributed by atoms with Gasteiger partial charge >= 0.3 is 5.97 Å². The number of allylic oxidation sites excluding steroid dienone is 1. The molecule has 10 nitrogen and oxygen atoms in total. The second kappa shape index (κ2) is 13.7. The second-order valence-electron chi connectivity index (χ2n) is 14.6. The summed E-state index contributed by atoms with van der Waals surface area (Å²) in [5.41, 5.74) is 2.03. The minimum absolute atomic E-state index is 0.0191. The Morgan fingerprint density at radius 1 is 1.21 bits per heavy atom. The first kappa shape index (κ1) is 34.2. The zero-order valence-corrected chi connectivity index (χ0v) is 28.6. The Morgan fingerprint density at radius 3 is 2.65 bits per heavy atom. The number of aromatic nitrogens is 1. The normalized spacial score (nSPS) is 32.4. The van der Waals surface area contributed by atoms with Crippen LogP contribution in [-0.2, 0) is 14.3 Å². The third-order valence-corrected chi connectivity index (χ3v) is 11.7. The van der Waals surface area contributed by atoms with Gasteiger partial charge < -0.3 is 35.0 Å². The number of nitrogens with zero attached hydrogens (tertiary/aromatic N) is 3. The van der Waals surface area contributed by atoms with Crippen LogP contribution in [0.15, 0.2) is 72.2 Å². The molecule has 2 aliphatic carbocycles. The number of ether oxygens (including phenoxy) is 2. The number of hydrogen-bond donors (Lipinski definition) is 4. The molecule has 0 spiro atoms. The summed E-state index contributed by atoms with van der Waals surface area (Å²) in [5.74, 6) is 0.595. The summed E-state index contributed by atoms with van der Waals surface area (Å²) in [5, 5.41) is 36.4. The van der Waals surface area contributed by atoms with Crippen LogP contribution in [0.1, 0.15) is 45.1 Å². The lowest BCUT2D eigenvalue weighted by molar-refractivity contribution is -0.163. The Hall–Kier alpha value is -3.70. The van der Waals surface area contributed by atoms with Gasteiger partial charge in [-0.2, -0.15) is 0 Å². The summed E-state index contributed by atoms with van der Waals surface area (Å²) in [7, 11) is 3.81. The molecule has 10 heteroatoms. The number of aromatic hydroxyl groups is 1. The maximum absolute atomic E-state index is 13.7. The molecule has 6 rings (SSSR count). The molecule has 4 N–H and O–H groups in total. The highest BCUT2D eigenvalue weighted by atomic mass is 16.5. The summed E-state index contributed by atoms with van der Waals surface area (Å²) in [6.07, 6.45) is 7.25. The van der Waals surface area contributed by atoms with Crippen molar-refractivity contribution in [3.05, 3.63) is 77.7 Å². The lowest BCUT2D eigenvalue weighted by atomic mass is 9.45. The zero-order chi connectivity index (χ0) is 34.2. The summed E-state index contributed by atoms with van der Waals surface area (Å²) in [4.78, 5) is 22.5. The minimum atomic E-state index is -0.675. The Labute approximate surface area is 283 Å². The van der Waals surface area contributed by atoms with Crippen LogP contribution in [0.3, 0.4) is 0 Å². The SMILES string of the molecule is C=C1C(N2CCOCC2)CC2[C@](C)(CC[C@@H](O)[C@@]2(C)CO)C1CC(Nc1ccccn1)C1=C/C(=C\c2ccc(N(C)C)cc2O)OC1=O. The Kier molecular flexibility index (Phi) is 9.73. The molecule has 3 heterocycles. The number of rotatable bonds is 9. The van der Waals surface area contributed by atoms with Crippen molar-refractivity contribution in [1.82, 2.24) is 9.88 Å². The number of nitrogens with one attached hydrogen (secondary N) is 1. The number of aliphatic hydroxyl groups is 2. The van der Waals surface area contributed by atoms with Crippen molar-refractivity contribution < 1.29 is 29.6 Å². The van der Waals surface area contributed by atoms with Crippen LogP contribution in [0.2, 0.25) is 0 Å². The molecule has 4 unspecified atom stereocenters. The first-order valence-corrected chi connectivity index (χ1v) is 17.1. The van der Waals surface area contributed by atoms with Crippen LogP contribution in [0, 0.1) is 22.7 Å². The van der Waals surface area contributed by atoms with E-state index in [1.807, 2.05) is 50.2 Å². The molecule has 0 amide bonds. The summed E-state index contributed by atoms with van der Waals surface area (Å²) >= 11 is 0. The third kappa shape index (κ3) is 6.39. The number of phenolic OH excluding ortho intramolecular Hbond substituents is 1. The molecule has 2 aromatic rings. The van der Waals surface area contributed by atoms with Crippen LogP contribution >= 0.6 is 0 Å². The van der Waals surface area contributed by atoms with Gasteiger partial charge in [-0.25, -0.2) is 9.78 Å². The van der Waals surface area contributed by atoms with E-state index in [0.717, 1.165) is 37.2 Å². The lowest BCUT2D eigenvalue weighted by Crippen LogP contribution is -2.62. The van der Waals surface area contributed by atoms with Gasteiger partial charge in [0.1, 0.15) is 17.3 Å². The fraction of sp³-hybridized carbons (Fsp3) is 0.526. The number of carbonyl (C=O) groups excluding carboxylic acids is 1. The maximum atomic E-state index is 13.7. The van der Waals surface area contributed by atoms with Crippen LogP contribution in [0.4, 0.5) is 11.5 Å². The molecule has 0 radical (unpaired) electrons. The fourth-order valence-electron chi connectivity index (χ4n) is 8.77. The molecule has 1 aromatic carbocycles. The fourth-order valence-corrected chi connectivity index (χ4v) is 8.77. The molecule has 7 atom stereocenters. The largest absolute Gasteiger partial charge is 0.507 e. The quantitative estimate of drug-likeness (QED) is 0.224. The van der Waals surface area contributed by atoms with E-state index < -0.39 is 23.5 Å². The highest BCUT2D eigenvalue weighted by molar-refractivity contribution is 5.95. The summed E-state index contributed by atoms with van der Waals surface area (Å²) < 4.78 is 11.5. The zero-order valence-electron chi connectivity index (χ0n) is 28.6. The van der Waals surface area contributed by atoms with Crippen molar-refractivity contribution in [3.8, 4) is 5.75 Å². The van der Waals surface area contributed by atoms with Gasteiger partial charge in [0.25, 0.3) is 0 Å². The number of morpholine rings is 1. The number of hydrogen-bond acceptors (Lipinski definition) is 10. The molecule has 1 saturated heterocycles. The van der Waals surface area contributed by atoms with E-state index in [-0.39, 0.29) is 35.6 Å². The number of esters is 1. The third-order valence-electron chi connectivity index (χ3n) is 11.7. The number of benzene rings is 1. The Morgan fingerprint density at radius 2 is 1.98 bits per heavy atom. The van der Waals surface area contributed by atoms with E-state index in [1.54, 1.807) is 30.5 Å². The highest BCUT2D eigenvalue weighted by Crippen LogP contribution is 2.62. The minimum Gasteiger partial charge on any atom is -0.507 e. The average molecular weight is 659 g/mol. The topological polar surface area (TPSA) is 128 Å². The number of aliphatic hydroxyl groups excluding tert-OH is 2. The Bertz CT molecular complexity index is 1570. The number of cyclic esters (lactones) is 1. The van der Waals surface area contributed by atoms with Gasteiger partial charge in [0.2, 0.25) is 0 Å². The molecule has 258 valence electrons. The van der Waals surface area contributed by atoms with Gasteiger partial charge in [-0.15, -0.1) is 0 Å². The van der Waals surface area contributed by atoms with E-state index >= 15 is 0 Å². The number of carbonyl (C=O) groups is 1. The van der Waals surface area contributed by atoms with Crippen molar-refractivity contribution in [2.24, 2.45) is 22.7 Å². The Balaban J connectivity index is 1.39. The molecule has 4 aliphatic rings. The van der Waals surface area contributed by atoms with E-state index in [2.05, 4.69) is 22.1 Å². The van der Waals surface area contributed by atoms with Gasteiger partial charge in [-0.05, 0) is 79.4 Å². The molecule has 48 heavy (non-hydrogen) atoms. The standard InChI is InChI=1S/C38H50N4O6/c1-24-29(37(2)12-11-34(45)38(3,23-43)33(37)22-31(24)42-14-16-47-17-15-42)21-30(40-35-8-6-7-13-39-35)28-20-27(48-36(28)46)18-25-9-10-26(41(4)5)19-32(25)44/h6-10,13,18-20,29-31,33-34,43-45H,1,11-12,14-17,21-23H2,2-5H3,(H,39,40)/b27-18+/t29?,30?,31?,33?,34-,37-,38+/m1/s1. The monoisotopic (exact) mass is 658 g/mol. The van der Waals surface area contributed by atoms with Gasteiger partial charge in [0.05, 0.1) is 37.5 Å². The average Bonchev–Trinajstić information content (AvgIpc) is 3.45. The van der Waals surface area contributed by atoms with Gasteiger partial charge in [0, 0.05) is 62.2 Å². The van der Waals surface area contributed by atoms with Crippen molar-refractivity contribution >= 4 is 23.6 Å². The lowest BCUT2D eigenvalue weighted by Gasteiger charge is -2.62. The van der Waals surface area contributed by atoms with Crippen molar-refractivity contribution in [2.45, 2.75) is 57.7 Å². The number of anilines is 2. The smallest absolute Gasteiger partial charge is 0.341 e. The molecular formula is C38H50N4O6. The molecular weight excluding hydrogens is 608 g/mol. The highest BCUT2D eigenvalue weighted by Gasteiger charge is 2.60. The molecule has 0 bridgehead atoms. The maximum Gasteiger partial charge on any atom is 0.341 e. The van der Waals surface area contributed by atoms with Gasteiger partial charge in [-0.3, -0.25) is 4.90 Å². The van der Waals surface area contributed by atoms with Gasteiger partial charge in [0.15, 0.2) is 0 Å². The number of pyridine rings is 1. The van der Waals surface area contributed by atoms with Crippen LogP contribution in [0.25, 0.3) is 6.08 Å². The van der Waals surface area contributed by atoms with Crippen molar-refractivity contribution in [1.29, 1.82) is 0 Å². The van der Waals surface area contributed by atoms with E-state index in [0.29, 0.717) is 48.8 Å². The predicted octanol–water partition coefficient (Wildman–Crippen LogP) is 4.60. The van der Waals surface area contributed by atoms with E-state index in [9.17, 15) is 20.1 Å². The van der Waals surface area contributed by atoms with Crippen molar-refractivity contribution in [3.63, 3.8) is 0 Å². The second-order valence-corrected chi connectivity index (χ2v) is 14.6. The van der Waals surface area contributed by atoms with Gasteiger partial charge in [-0.1, -0.05) is 32.1 Å². The molecule has 2 saturated carbocycles. The predicted molar refractivity (Wildman–Crippen MR) is 186 cm³/mol. The van der Waals surface area contributed by atoms with E-state index in [1.165, 1.54) is 0 Å². The van der Waals surface area contributed by atoms with E-state index in [4.69, 9.17) is 16.1 Å². The van der Waals surface area contributed by atoms with Crippen molar-refractivity contribution in [2.75, 3.05) is 57.2 Å². The number of fused-ring (bicyclic) bond motifs is 1. The summed E-state index contributed by atoms with van der Waals surface area (Å²) in [6, 6.07) is 10.6. The molecule has 1 aromatic heterocycles. The summed E-state index contributed by atoms with van der Waals surface area (Å²) in [6.45, 7) is 11.9. The first-order chi connectivity index (χ1) is 22.9.